The maximum atomic E-state index is 10.7. The minimum atomic E-state index is -1.12. The van der Waals surface area contributed by atoms with Gasteiger partial charge in [0.15, 0.2) is 5.96 Å². The molecule has 2 rings (SSSR count). The van der Waals surface area contributed by atoms with Crippen molar-refractivity contribution in [3.63, 3.8) is 0 Å². The normalized spacial score (nSPS) is 19.9. The van der Waals surface area contributed by atoms with Gasteiger partial charge in [0, 0.05) is 19.1 Å². The molecule has 1 aromatic rings. The first kappa shape index (κ1) is 24.2. The van der Waals surface area contributed by atoms with Crippen molar-refractivity contribution in [2.24, 2.45) is 10.9 Å². The summed E-state index contributed by atoms with van der Waals surface area (Å²) in [6, 6.07) is 4.13. The van der Waals surface area contributed by atoms with E-state index in [4.69, 9.17) is 4.42 Å². The van der Waals surface area contributed by atoms with Gasteiger partial charge in [0.05, 0.1) is 6.54 Å². The lowest BCUT2D eigenvalue weighted by molar-refractivity contribution is 0.0428. The van der Waals surface area contributed by atoms with Gasteiger partial charge in [-0.2, -0.15) is 0 Å². The van der Waals surface area contributed by atoms with Gasteiger partial charge in [-0.05, 0) is 71.7 Å². The molecule has 1 aliphatic rings. The predicted octanol–water partition coefficient (Wildman–Crippen LogP) is 3.09. The van der Waals surface area contributed by atoms with Crippen molar-refractivity contribution in [2.75, 3.05) is 32.7 Å². The summed E-state index contributed by atoms with van der Waals surface area (Å²) in [5, 5.41) is 17.3. The first-order valence-electron chi connectivity index (χ1n) is 9.87. The van der Waals surface area contributed by atoms with Crippen LogP contribution in [0, 0.1) is 12.8 Å². The van der Waals surface area contributed by atoms with Crippen molar-refractivity contribution in [2.45, 2.75) is 59.1 Å². The molecule has 2 unspecified atom stereocenters. The number of aliphatic imine (C=N–C) groups is 1. The van der Waals surface area contributed by atoms with Gasteiger partial charge in [-0.15, -0.1) is 24.0 Å². The first-order valence-corrected chi connectivity index (χ1v) is 9.87. The van der Waals surface area contributed by atoms with Gasteiger partial charge in [-0.25, -0.2) is 4.99 Å². The van der Waals surface area contributed by atoms with Gasteiger partial charge in [0.1, 0.15) is 17.1 Å². The molecule has 0 saturated carbocycles. The fraction of sp³-hybridized carbons (Fsp3) is 0.750. The van der Waals surface area contributed by atoms with Crippen LogP contribution in [-0.4, -0.2) is 54.7 Å². The van der Waals surface area contributed by atoms with Crippen LogP contribution < -0.4 is 10.6 Å². The molecule has 0 bridgehead atoms. The van der Waals surface area contributed by atoms with Crippen molar-refractivity contribution < 1.29 is 9.52 Å². The summed E-state index contributed by atoms with van der Waals surface area (Å²) in [5.74, 6) is 2.91. The number of halogens is 1. The van der Waals surface area contributed by atoms with Crippen LogP contribution in [0.25, 0.3) is 0 Å². The molecule has 1 aromatic heterocycles. The van der Waals surface area contributed by atoms with E-state index in [1.54, 1.807) is 6.92 Å². The average molecular weight is 492 g/mol. The molecule has 27 heavy (non-hydrogen) atoms. The lowest BCUT2D eigenvalue weighted by Crippen LogP contribution is -2.48. The number of aryl methyl sites for hydroxylation is 1. The lowest BCUT2D eigenvalue weighted by atomic mass is 9.98. The van der Waals surface area contributed by atoms with Gasteiger partial charge in [0.25, 0.3) is 0 Å². The van der Waals surface area contributed by atoms with Gasteiger partial charge in [-0.3, -0.25) is 4.90 Å². The molecular weight excluding hydrogens is 455 g/mol. The molecule has 1 saturated heterocycles. The summed E-state index contributed by atoms with van der Waals surface area (Å²) in [6.45, 7) is 14.4. The Morgan fingerprint density at radius 3 is 2.59 bits per heavy atom. The molecular formula is C20H37IN4O2. The number of hydrogen-bond acceptors (Lipinski definition) is 4. The minimum absolute atomic E-state index is 0. The molecule has 3 N–H and O–H groups in total. The van der Waals surface area contributed by atoms with E-state index in [2.05, 4.69) is 34.4 Å². The van der Waals surface area contributed by atoms with E-state index in [1.165, 1.54) is 25.9 Å². The second-order valence-corrected chi connectivity index (χ2v) is 7.83. The van der Waals surface area contributed by atoms with Crippen LogP contribution in [0.2, 0.25) is 0 Å². The third-order valence-corrected chi connectivity index (χ3v) is 5.17. The zero-order chi connectivity index (χ0) is 19.2. The van der Waals surface area contributed by atoms with Crippen LogP contribution in [-0.2, 0) is 5.60 Å². The Balaban J connectivity index is 0.00000364. The van der Waals surface area contributed by atoms with E-state index >= 15 is 0 Å². The van der Waals surface area contributed by atoms with Gasteiger partial charge in [-0.1, -0.05) is 6.92 Å². The van der Waals surface area contributed by atoms with E-state index in [-0.39, 0.29) is 30.5 Å². The van der Waals surface area contributed by atoms with Crippen molar-refractivity contribution in [1.29, 1.82) is 0 Å². The van der Waals surface area contributed by atoms with Crippen LogP contribution in [0.5, 0.6) is 0 Å². The maximum Gasteiger partial charge on any atom is 0.191 e. The molecule has 0 aromatic carbocycles. The number of furan rings is 1. The largest absolute Gasteiger partial charge is 0.463 e. The molecule has 7 heteroatoms. The van der Waals surface area contributed by atoms with E-state index in [9.17, 15) is 5.11 Å². The van der Waals surface area contributed by atoms with E-state index in [0.29, 0.717) is 11.8 Å². The molecule has 156 valence electrons. The molecule has 1 fully saturated rings. The minimum Gasteiger partial charge on any atom is -0.463 e. The molecule has 0 radical (unpaired) electrons. The molecule has 0 amide bonds. The zero-order valence-corrected chi connectivity index (χ0v) is 19.7. The number of nitrogens with zero attached hydrogens (tertiary/aromatic N) is 2. The summed E-state index contributed by atoms with van der Waals surface area (Å²) in [4.78, 5) is 7.11. The zero-order valence-electron chi connectivity index (χ0n) is 17.4. The molecule has 6 nitrogen and oxygen atoms in total. The summed E-state index contributed by atoms with van der Waals surface area (Å²) < 4.78 is 5.56. The molecule has 0 aliphatic carbocycles. The molecule has 2 atom stereocenters. The number of aliphatic hydroxyl groups is 1. The highest BCUT2D eigenvalue weighted by atomic mass is 127. The Morgan fingerprint density at radius 1 is 1.37 bits per heavy atom. The summed E-state index contributed by atoms with van der Waals surface area (Å²) in [7, 11) is 0. The fourth-order valence-corrected chi connectivity index (χ4v) is 3.22. The van der Waals surface area contributed by atoms with Gasteiger partial charge < -0.3 is 20.2 Å². The Bertz CT molecular complexity index is 580. The summed E-state index contributed by atoms with van der Waals surface area (Å²) in [5.41, 5.74) is -1.12. The SMILES string of the molecule is CCNC(=NCC(C)(O)c1ccc(C)o1)NCC(C)N1CCC(C)CC1.I. The van der Waals surface area contributed by atoms with Crippen molar-refractivity contribution in [1.82, 2.24) is 15.5 Å². The van der Waals surface area contributed by atoms with E-state index in [0.717, 1.165) is 30.7 Å². The average Bonchev–Trinajstić information content (AvgIpc) is 3.05. The quantitative estimate of drug-likeness (QED) is 0.310. The Hall–Kier alpha value is -0.800. The predicted molar refractivity (Wildman–Crippen MR) is 122 cm³/mol. The van der Waals surface area contributed by atoms with E-state index < -0.39 is 5.60 Å². The van der Waals surface area contributed by atoms with Crippen LogP contribution in [0.1, 0.15) is 52.1 Å². The topological polar surface area (TPSA) is 73.0 Å². The number of likely N-dealkylation sites (tertiary alicyclic amines) is 1. The number of guanidine groups is 1. The Morgan fingerprint density at radius 2 is 2.04 bits per heavy atom. The van der Waals surface area contributed by atoms with Crippen LogP contribution in [0.3, 0.4) is 0 Å². The summed E-state index contributed by atoms with van der Waals surface area (Å²) >= 11 is 0. The Labute approximate surface area is 181 Å². The van der Waals surface area contributed by atoms with Crippen molar-refractivity contribution in [3.8, 4) is 0 Å². The third-order valence-electron chi connectivity index (χ3n) is 5.17. The number of piperidine rings is 1. The number of rotatable bonds is 7. The fourth-order valence-electron chi connectivity index (χ4n) is 3.22. The summed E-state index contributed by atoms with van der Waals surface area (Å²) in [6.07, 6.45) is 2.56. The van der Waals surface area contributed by atoms with Crippen LogP contribution >= 0.6 is 24.0 Å². The third kappa shape index (κ3) is 7.62. The standard InChI is InChI=1S/C20H36N4O2.HI/c1-6-21-19(22-13-16(3)24-11-9-15(2)10-12-24)23-14-20(5,25)18-8-7-17(4)26-18;/h7-8,15-16,25H,6,9-14H2,1-5H3,(H2,21,22,23);1H. The molecule has 1 aliphatic heterocycles. The highest BCUT2D eigenvalue weighted by Crippen LogP contribution is 2.23. The monoisotopic (exact) mass is 492 g/mol. The van der Waals surface area contributed by atoms with Crippen molar-refractivity contribution in [3.05, 3.63) is 23.7 Å². The highest BCUT2D eigenvalue weighted by Gasteiger charge is 2.27. The van der Waals surface area contributed by atoms with Gasteiger partial charge in [0.2, 0.25) is 0 Å². The number of hydrogen-bond donors (Lipinski definition) is 3. The maximum absolute atomic E-state index is 10.7. The van der Waals surface area contributed by atoms with Crippen molar-refractivity contribution >= 4 is 29.9 Å². The first-order chi connectivity index (χ1) is 12.3. The second-order valence-electron chi connectivity index (χ2n) is 7.83. The van der Waals surface area contributed by atoms with Crippen LogP contribution in [0.15, 0.2) is 21.5 Å². The Kier molecular flexibility index (Phi) is 10.1. The second kappa shape index (κ2) is 11.3. The van der Waals surface area contributed by atoms with E-state index in [1.807, 2.05) is 26.0 Å². The number of nitrogens with one attached hydrogen (secondary N) is 2. The van der Waals surface area contributed by atoms with Gasteiger partial charge >= 0.3 is 0 Å². The molecule has 0 spiro atoms. The lowest BCUT2D eigenvalue weighted by Gasteiger charge is -2.35. The molecule has 2 heterocycles. The smallest absolute Gasteiger partial charge is 0.191 e. The van der Waals surface area contributed by atoms with Crippen LogP contribution in [0.4, 0.5) is 0 Å². The highest BCUT2D eigenvalue weighted by molar-refractivity contribution is 14.0.